The van der Waals surface area contributed by atoms with Gasteiger partial charge in [0.15, 0.2) is 5.69 Å². The summed E-state index contributed by atoms with van der Waals surface area (Å²) in [6.45, 7) is 0. The van der Waals surface area contributed by atoms with Crippen molar-refractivity contribution in [2.75, 3.05) is 0 Å². The van der Waals surface area contributed by atoms with Crippen LogP contribution in [0.15, 0.2) is 30.5 Å². The van der Waals surface area contributed by atoms with Crippen LogP contribution in [-0.4, -0.2) is 20.9 Å². The molecule has 8 heteroatoms. The van der Waals surface area contributed by atoms with Gasteiger partial charge in [0, 0.05) is 12.0 Å². The summed E-state index contributed by atoms with van der Waals surface area (Å²) >= 11 is 0. The summed E-state index contributed by atoms with van der Waals surface area (Å²) in [7, 11) is 0. The third-order valence-electron chi connectivity index (χ3n) is 2.77. The molecule has 1 heterocycles. The molecule has 0 atom stereocenters. The largest absolute Gasteiger partial charge is 0.481 e. The maximum atomic E-state index is 13.2. The van der Waals surface area contributed by atoms with E-state index in [1.807, 2.05) is 0 Å². The van der Waals surface area contributed by atoms with Crippen LogP contribution < -0.4 is 0 Å². The van der Waals surface area contributed by atoms with Gasteiger partial charge in [-0.1, -0.05) is 6.07 Å². The van der Waals surface area contributed by atoms with Crippen molar-refractivity contribution in [1.29, 1.82) is 0 Å². The number of hydrogen-bond acceptors (Lipinski definition) is 2. The van der Waals surface area contributed by atoms with Crippen molar-refractivity contribution in [3.63, 3.8) is 0 Å². The molecule has 0 unspecified atom stereocenters. The van der Waals surface area contributed by atoms with Crippen LogP contribution in [-0.2, 0) is 17.4 Å². The van der Waals surface area contributed by atoms with E-state index in [-0.39, 0.29) is 17.7 Å². The topological polar surface area (TPSA) is 55.1 Å². The zero-order chi connectivity index (χ0) is 15.6. The average molecular weight is 302 g/mol. The predicted octanol–water partition coefficient (Wildman–Crippen LogP) is 3.05. The Hall–Kier alpha value is -2.38. The number of hydrogen-bond donors (Lipinski definition) is 1. The van der Waals surface area contributed by atoms with Crippen LogP contribution in [0.3, 0.4) is 0 Å². The number of alkyl halides is 3. The molecule has 1 aromatic carbocycles. The van der Waals surface area contributed by atoms with Crippen molar-refractivity contribution >= 4 is 5.97 Å². The number of carboxylic acids is 1. The van der Waals surface area contributed by atoms with E-state index in [9.17, 15) is 22.4 Å². The standard InChI is InChI=1S/C13H10F4N2O2/c14-9-2-1-3-10(6-9)19-12(13(15,16)17)8(7-18-19)4-5-11(20)21/h1-3,6-7H,4-5H2,(H,20,21). The molecule has 0 amide bonds. The van der Waals surface area contributed by atoms with E-state index < -0.39 is 30.1 Å². The van der Waals surface area contributed by atoms with Crippen molar-refractivity contribution < 1.29 is 27.5 Å². The van der Waals surface area contributed by atoms with Crippen molar-refractivity contribution in [2.24, 2.45) is 0 Å². The van der Waals surface area contributed by atoms with Crippen LogP contribution in [0.5, 0.6) is 0 Å². The first-order valence-corrected chi connectivity index (χ1v) is 5.91. The molecule has 0 aliphatic carbocycles. The molecule has 0 spiro atoms. The molecule has 1 aromatic heterocycles. The maximum absolute atomic E-state index is 13.2. The van der Waals surface area contributed by atoms with E-state index in [4.69, 9.17) is 5.11 Å². The number of aromatic nitrogens is 2. The van der Waals surface area contributed by atoms with Crippen LogP contribution >= 0.6 is 0 Å². The average Bonchev–Trinajstić information content (AvgIpc) is 2.80. The second-order valence-corrected chi connectivity index (χ2v) is 4.30. The van der Waals surface area contributed by atoms with Gasteiger partial charge < -0.3 is 5.11 Å². The minimum absolute atomic E-state index is 0.0797. The molecule has 0 radical (unpaired) electrons. The number of benzene rings is 1. The van der Waals surface area contributed by atoms with Gasteiger partial charge in [-0.2, -0.15) is 18.3 Å². The van der Waals surface area contributed by atoms with Gasteiger partial charge in [0.25, 0.3) is 0 Å². The Morgan fingerprint density at radius 2 is 2.05 bits per heavy atom. The van der Waals surface area contributed by atoms with Gasteiger partial charge in [0.2, 0.25) is 0 Å². The molecule has 112 valence electrons. The summed E-state index contributed by atoms with van der Waals surface area (Å²) in [6.07, 6.45) is -4.52. The normalized spacial score (nSPS) is 11.6. The molecule has 0 saturated heterocycles. The Bertz CT molecular complexity index is 664. The number of carbonyl (C=O) groups is 1. The third-order valence-corrected chi connectivity index (χ3v) is 2.77. The first-order valence-electron chi connectivity index (χ1n) is 5.91. The van der Waals surface area contributed by atoms with E-state index in [0.717, 1.165) is 18.3 Å². The maximum Gasteiger partial charge on any atom is 0.433 e. The molecule has 2 rings (SSSR count). The fraction of sp³-hybridized carbons (Fsp3) is 0.231. The summed E-state index contributed by atoms with van der Waals surface area (Å²) in [5.41, 5.74) is -1.41. The lowest BCUT2D eigenvalue weighted by atomic mass is 10.1. The lowest BCUT2D eigenvalue weighted by Gasteiger charge is -2.12. The minimum Gasteiger partial charge on any atom is -0.481 e. The van der Waals surface area contributed by atoms with E-state index in [0.29, 0.717) is 4.68 Å². The molecule has 0 aliphatic rings. The number of nitrogens with zero attached hydrogens (tertiary/aromatic N) is 2. The van der Waals surface area contributed by atoms with Gasteiger partial charge in [-0.25, -0.2) is 9.07 Å². The predicted molar refractivity (Wildman–Crippen MR) is 64.5 cm³/mol. The SMILES string of the molecule is O=C(O)CCc1cnn(-c2cccc(F)c2)c1C(F)(F)F. The Balaban J connectivity index is 2.49. The molecule has 4 nitrogen and oxygen atoms in total. The van der Waals surface area contributed by atoms with Crippen LogP contribution in [0, 0.1) is 5.82 Å². The Morgan fingerprint density at radius 1 is 1.33 bits per heavy atom. The lowest BCUT2D eigenvalue weighted by Crippen LogP contribution is -2.16. The van der Waals surface area contributed by atoms with Gasteiger partial charge in [-0.3, -0.25) is 4.79 Å². The number of halogens is 4. The van der Waals surface area contributed by atoms with Gasteiger partial charge in [-0.15, -0.1) is 0 Å². The zero-order valence-electron chi connectivity index (χ0n) is 10.6. The molecule has 0 aliphatic heterocycles. The number of carboxylic acid groups (broad SMARTS) is 1. The van der Waals surface area contributed by atoms with E-state index in [1.54, 1.807) is 0 Å². The second-order valence-electron chi connectivity index (χ2n) is 4.30. The van der Waals surface area contributed by atoms with E-state index in [2.05, 4.69) is 5.10 Å². The fourth-order valence-electron chi connectivity index (χ4n) is 1.91. The summed E-state index contributed by atoms with van der Waals surface area (Å²) in [4.78, 5) is 10.5. The molecular weight excluding hydrogens is 292 g/mol. The van der Waals surface area contributed by atoms with Crippen LogP contribution in [0.1, 0.15) is 17.7 Å². The Morgan fingerprint density at radius 3 is 2.62 bits per heavy atom. The molecule has 21 heavy (non-hydrogen) atoms. The molecule has 0 fully saturated rings. The van der Waals surface area contributed by atoms with Crippen LogP contribution in [0.2, 0.25) is 0 Å². The number of aliphatic carboxylic acids is 1. The molecule has 1 N–H and O–H groups in total. The van der Waals surface area contributed by atoms with Crippen molar-refractivity contribution in [3.05, 3.63) is 47.5 Å². The first-order chi connectivity index (χ1) is 9.79. The van der Waals surface area contributed by atoms with Crippen molar-refractivity contribution in [3.8, 4) is 5.69 Å². The second kappa shape index (κ2) is 5.55. The number of aryl methyl sites for hydroxylation is 1. The summed E-state index contributed by atoms with van der Waals surface area (Å²) in [5, 5.41) is 12.2. The monoisotopic (exact) mass is 302 g/mol. The highest BCUT2D eigenvalue weighted by atomic mass is 19.4. The van der Waals surface area contributed by atoms with Gasteiger partial charge >= 0.3 is 12.1 Å². The third kappa shape index (κ3) is 3.39. The van der Waals surface area contributed by atoms with E-state index in [1.165, 1.54) is 12.1 Å². The van der Waals surface area contributed by atoms with Crippen molar-refractivity contribution in [1.82, 2.24) is 9.78 Å². The van der Waals surface area contributed by atoms with Gasteiger partial charge in [0.05, 0.1) is 11.9 Å². The summed E-state index contributed by atoms with van der Waals surface area (Å²) in [6, 6.07) is 4.57. The highest BCUT2D eigenvalue weighted by molar-refractivity contribution is 5.67. The Kier molecular flexibility index (Phi) is 3.97. The zero-order valence-corrected chi connectivity index (χ0v) is 10.6. The Labute approximate surface area is 116 Å². The minimum atomic E-state index is -4.73. The van der Waals surface area contributed by atoms with Gasteiger partial charge in [-0.05, 0) is 24.6 Å². The molecular formula is C13H10F4N2O2. The highest BCUT2D eigenvalue weighted by Gasteiger charge is 2.38. The first kappa shape index (κ1) is 15.0. The lowest BCUT2D eigenvalue weighted by molar-refractivity contribution is -0.144. The molecule has 0 bridgehead atoms. The fourth-order valence-corrected chi connectivity index (χ4v) is 1.91. The van der Waals surface area contributed by atoms with E-state index >= 15 is 0 Å². The quantitative estimate of drug-likeness (QED) is 0.883. The highest BCUT2D eigenvalue weighted by Crippen LogP contribution is 2.34. The van der Waals surface area contributed by atoms with Crippen LogP contribution in [0.4, 0.5) is 17.6 Å². The van der Waals surface area contributed by atoms with Crippen LogP contribution in [0.25, 0.3) is 5.69 Å². The van der Waals surface area contributed by atoms with Gasteiger partial charge in [0.1, 0.15) is 5.82 Å². The summed E-state index contributed by atoms with van der Waals surface area (Å²) in [5.74, 6) is -1.90. The molecule has 2 aromatic rings. The number of rotatable bonds is 4. The molecule has 0 saturated carbocycles. The summed E-state index contributed by atoms with van der Waals surface area (Å²) < 4.78 is 53.2. The smallest absolute Gasteiger partial charge is 0.433 e. The van der Waals surface area contributed by atoms with Crippen molar-refractivity contribution in [2.45, 2.75) is 19.0 Å².